The Hall–Kier alpha value is -2.34. The fourth-order valence-corrected chi connectivity index (χ4v) is 4.29. The Morgan fingerprint density at radius 3 is 2.00 bits per heavy atom. The molecule has 0 aliphatic heterocycles. The summed E-state index contributed by atoms with van der Waals surface area (Å²) in [5.74, 6) is -0.332. The Balaban J connectivity index is 2.49. The topological polar surface area (TPSA) is 66.5 Å². The fourth-order valence-electron chi connectivity index (χ4n) is 2.88. The van der Waals surface area contributed by atoms with Crippen molar-refractivity contribution in [2.75, 3.05) is 10.8 Å². The van der Waals surface area contributed by atoms with Gasteiger partial charge in [-0.25, -0.2) is 8.42 Å². The van der Waals surface area contributed by atoms with E-state index < -0.39 is 15.6 Å². The van der Waals surface area contributed by atoms with E-state index in [1.54, 1.807) is 36.4 Å². The van der Waals surface area contributed by atoms with E-state index in [1.165, 1.54) is 4.31 Å². The first-order chi connectivity index (χ1) is 12.9. The molecule has 0 bridgehead atoms. The maximum Gasteiger partial charge on any atom is 0.264 e. The van der Waals surface area contributed by atoms with E-state index in [0.717, 1.165) is 23.1 Å². The minimum absolute atomic E-state index is 0.166. The highest BCUT2D eigenvalue weighted by Crippen LogP contribution is 2.26. The molecule has 1 N–H and O–H groups in total. The lowest BCUT2D eigenvalue weighted by Crippen LogP contribution is -2.48. The first kappa shape index (κ1) is 22.0. The van der Waals surface area contributed by atoms with Crippen LogP contribution in [0.2, 0.25) is 0 Å². The third-order valence-electron chi connectivity index (χ3n) is 4.75. The molecule has 0 unspecified atom stereocenters. The van der Waals surface area contributed by atoms with Crippen molar-refractivity contribution in [3.05, 3.63) is 59.2 Å². The fraction of sp³-hybridized carbons (Fsp3) is 0.409. The number of amides is 1. The smallest absolute Gasteiger partial charge is 0.264 e. The predicted octanol–water partition coefficient (Wildman–Crippen LogP) is 4.11. The third kappa shape index (κ3) is 5.35. The first-order valence-electron chi connectivity index (χ1n) is 9.43. The summed E-state index contributed by atoms with van der Waals surface area (Å²) in [7, 11) is -3.89. The molecule has 0 saturated carbocycles. The zero-order valence-corrected chi connectivity index (χ0v) is 18.4. The molecule has 152 valence electrons. The molecule has 0 spiro atoms. The van der Waals surface area contributed by atoms with Crippen LogP contribution in [0.4, 0.5) is 5.69 Å². The van der Waals surface area contributed by atoms with Gasteiger partial charge in [-0.15, -0.1) is 0 Å². The second kappa shape index (κ2) is 8.35. The zero-order valence-electron chi connectivity index (χ0n) is 17.5. The van der Waals surface area contributed by atoms with E-state index >= 15 is 0 Å². The number of rotatable bonds is 7. The summed E-state index contributed by atoms with van der Waals surface area (Å²) in [5, 5.41) is 2.92. The van der Waals surface area contributed by atoms with Gasteiger partial charge in [0.1, 0.15) is 6.54 Å². The van der Waals surface area contributed by atoms with Gasteiger partial charge in [0.25, 0.3) is 10.0 Å². The molecule has 0 fully saturated rings. The summed E-state index contributed by atoms with van der Waals surface area (Å²) in [4.78, 5) is 12.9. The van der Waals surface area contributed by atoms with Crippen LogP contribution in [0.1, 0.15) is 43.9 Å². The second-order valence-electron chi connectivity index (χ2n) is 7.96. The van der Waals surface area contributed by atoms with Gasteiger partial charge in [-0.1, -0.05) is 30.7 Å². The molecule has 1 amide bonds. The SMILES string of the molecule is CCC(C)(C)NC(=O)CN(c1cc(C)cc(C)c1)S(=O)(=O)c1ccc(C)cc1. The van der Waals surface area contributed by atoms with E-state index in [9.17, 15) is 13.2 Å². The molecule has 2 aromatic rings. The number of hydrogen-bond acceptors (Lipinski definition) is 3. The second-order valence-corrected chi connectivity index (χ2v) is 9.82. The highest BCUT2D eigenvalue weighted by Gasteiger charge is 2.29. The van der Waals surface area contributed by atoms with Crippen molar-refractivity contribution in [2.24, 2.45) is 0 Å². The van der Waals surface area contributed by atoms with Gasteiger partial charge in [0.15, 0.2) is 0 Å². The van der Waals surface area contributed by atoms with Crippen LogP contribution >= 0.6 is 0 Å². The van der Waals surface area contributed by atoms with E-state index in [4.69, 9.17) is 0 Å². The van der Waals surface area contributed by atoms with Crippen LogP contribution in [0.5, 0.6) is 0 Å². The number of aryl methyl sites for hydroxylation is 3. The molecule has 28 heavy (non-hydrogen) atoms. The van der Waals surface area contributed by atoms with Crippen LogP contribution in [0.15, 0.2) is 47.4 Å². The Kier molecular flexibility index (Phi) is 6.55. The first-order valence-corrected chi connectivity index (χ1v) is 10.9. The molecular formula is C22H30N2O3S. The molecule has 0 radical (unpaired) electrons. The monoisotopic (exact) mass is 402 g/mol. The maximum atomic E-state index is 13.4. The van der Waals surface area contributed by atoms with E-state index in [2.05, 4.69) is 5.32 Å². The van der Waals surface area contributed by atoms with Crippen LogP contribution in [0.25, 0.3) is 0 Å². The van der Waals surface area contributed by atoms with Crippen LogP contribution in [-0.4, -0.2) is 26.4 Å². The normalized spacial score (nSPS) is 11.9. The molecule has 0 heterocycles. The predicted molar refractivity (Wildman–Crippen MR) is 114 cm³/mol. The molecule has 2 aromatic carbocycles. The van der Waals surface area contributed by atoms with Gasteiger partial charge in [-0.3, -0.25) is 9.10 Å². The molecule has 0 saturated heterocycles. The van der Waals surface area contributed by atoms with E-state index in [0.29, 0.717) is 5.69 Å². The summed E-state index contributed by atoms with van der Waals surface area (Å²) >= 11 is 0. The van der Waals surface area contributed by atoms with Gasteiger partial charge >= 0.3 is 0 Å². The van der Waals surface area contributed by atoms with Crippen LogP contribution in [-0.2, 0) is 14.8 Å². The Morgan fingerprint density at radius 2 is 1.50 bits per heavy atom. The average Bonchev–Trinajstić information content (AvgIpc) is 2.58. The summed E-state index contributed by atoms with van der Waals surface area (Å²) in [6.45, 7) is 11.3. The number of anilines is 1. The van der Waals surface area contributed by atoms with Gasteiger partial charge < -0.3 is 5.32 Å². The van der Waals surface area contributed by atoms with Crippen LogP contribution in [0, 0.1) is 20.8 Å². The van der Waals surface area contributed by atoms with Crippen molar-refractivity contribution in [1.82, 2.24) is 5.32 Å². The number of carbonyl (C=O) groups excluding carboxylic acids is 1. The Bertz CT molecular complexity index is 928. The van der Waals surface area contributed by atoms with E-state index in [-0.39, 0.29) is 17.3 Å². The number of nitrogens with one attached hydrogen (secondary N) is 1. The summed E-state index contributed by atoms with van der Waals surface area (Å²) in [6.07, 6.45) is 0.743. The van der Waals surface area contributed by atoms with Gasteiger partial charge in [0, 0.05) is 5.54 Å². The highest BCUT2D eigenvalue weighted by atomic mass is 32.2. The van der Waals surface area contributed by atoms with Crippen molar-refractivity contribution >= 4 is 21.6 Å². The standard InChI is InChI=1S/C22H30N2O3S/c1-7-22(5,6)23-21(25)15-24(19-13-17(3)12-18(4)14-19)28(26,27)20-10-8-16(2)9-11-20/h8-14H,7,15H2,1-6H3,(H,23,25). The summed E-state index contributed by atoms with van der Waals surface area (Å²) < 4.78 is 28.0. The van der Waals surface area contributed by atoms with Gasteiger partial charge in [0.2, 0.25) is 5.91 Å². The lowest BCUT2D eigenvalue weighted by Gasteiger charge is -2.29. The molecule has 0 aromatic heterocycles. The molecule has 0 atom stereocenters. The number of nitrogens with zero attached hydrogens (tertiary/aromatic N) is 1. The minimum atomic E-state index is -3.89. The molecule has 0 aliphatic carbocycles. The molecular weight excluding hydrogens is 372 g/mol. The van der Waals surface area contributed by atoms with Crippen LogP contribution < -0.4 is 9.62 Å². The lowest BCUT2D eigenvalue weighted by atomic mass is 10.0. The van der Waals surface area contributed by atoms with Crippen molar-refractivity contribution in [2.45, 2.75) is 58.4 Å². The lowest BCUT2D eigenvalue weighted by molar-refractivity contribution is -0.121. The molecule has 0 aliphatic rings. The van der Waals surface area contributed by atoms with Gasteiger partial charge in [-0.05, 0) is 76.4 Å². The molecule has 5 nitrogen and oxygen atoms in total. The van der Waals surface area contributed by atoms with Crippen LogP contribution in [0.3, 0.4) is 0 Å². The zero-order chi connectivity index (χ0) is 21.1. The van der Waals surface area contributed by atoms with Gasteiger partial charge in [-0.2, -0.15) is 0 Å². The average molecular weight is 403 g/mol. The summed E-state index contributed by atoms with van der Waals surface area (Å²) in [6, 6.07) is 12.2. The van der Waals surface area contributed by atoms with Crippen molar-refractivity contribution in [3.8, 4) is 0 Å². The Labute approximate surface area is 168 Å². The van der Waals surface area contributed by atoms with Crippen molar-refractivity contribution in [3.63, 3.8) is 0 Å². The number of benzene rings is 2. The van der Waals surface area contributed by atoms with E-state index in [1.807, 2.05) is 47.6 Å². The number of hydrogen-bond donors (Lipinski definition) is 1. The molecule has 2 rings (SSSR count). The maximum absolute atomic E-state index is 13.4. The van der Waals surface area contributed by atoms with Gasteiger partial charge in [0.05, 0.1) is 10.6 Å². The minimum Gasteiger partial charge on any atom is -0.350 e. The highest BCUT2D eigenvalue weighted by molar-refractivity contribution is 7.92. The molecule has 6 heteroatoms. The van der Waals surface area contributed by atoms with Crippen molar-refractivity contribution in [1.29, 1.82) is 0 Å². The number of carbonyl (C=O) groups is 1. The summed E-state index contributed by atoms with van der Waals surface area (Å²) in [5.41, 5.74) is 2.93. The van der Waals surface area contributed by atoms with Crippen molar-refractivity contribution < 1.29 is 13.2 Å². The number of sulfonamides is 1. The third-order valence-corrected chi connectivity index (χ3v) is 6.54. The quantitative estimate of drug-likeness (QED) is 0.758. The largest absolute Gasteiger partial charge is 0.350 e. The Morgan fingerprint density at radius 1 is 0.964 bits per heavy atom.